The largest absolute Gasteiger partial charge is 0.370 e. The summed E-state index contributed by atoms with van der Waals surface area (Å²) < 4.78 is 9.15. The molecule has 12 rings (SSSR count). The van der Waals surface area contributed by atoms with Crippen LogP contribution in [-0.2, 0) is 19.6 Å². The molecule has 2 atom stereocenters. The summed E-state index contributed by atoms with van der Waals surface area (Å²) in [7, 11) is 4.28. The number of rotatable bonds is 8. The van der Waals surface area contributed by atoms with Gasteiger partial charge in [-0.05, 0) is 129 Å². The van der Waals surface area contributed by atoms with Crippen LogP contribution in [0.3, 0.4) is 0 Å². The van der Waals surface area contributed by atoms with Crippen molar-refractivity contribution in [3.63, 3.8) is 0 Å². The standard InChI is InChI=1S/C52H47N13/c1-55-42-15-18-60(30-42)43-11-14-48-41(19-43)29-61-26-38(36-7-3-34(23-53)4-8-36)21-49(61)51-56-25-46(65(48)51)32-63(45-16-17-59(2)31-45)44-12-13-47-40(20-44)28-62-27-39(37-9-5-35(24-54)6-10-37)22-50(62)52-58-57-33-64(47)52/h3-14,19-22,25-27,33,42,45,55H,15-18,28-32H2,1-2H3. The van der Waals surface area contributed by atoms with Crippen LogP contribution in [0.15, 0.2) is 122 Å². The SMILES string of the molecule is CNC1CCN(c2ccc3c(c2)Cn2cc(-c4ccc(C#N)cc4)cc2-c2ncc(CN(c4ccc5c(c4)Cn4cc(-c6ccc(C#N)cc6)cc4-c4nncn4-5)C4CCN(C)C4)n2-3)C1. The predicted molar refractivity (Wildman–Crippen MR) is 252 cm³/mol. The molecule has 4 aliphatic heterocycles. The zero-order valence-electron chi connectivity index (χ0n) is 36.4. The maximum absolute atomic E-state index is 9.50. The van der Waals surface area contributed by atoms with E-state index in [1.807, 2.05) is 54.9 Å². The van der Waals surface area contributed by atoms with Gasteiger partial charge in [-0.25, -0.2) is 4.98 Å². The van der Waals surface area contributed by atoms with Crippen molar-refractivity contribution in [1.82, 2.24) is 43.7 Å². The monoisotopic (exact) mass is 853 g/mol. The number of imidazole rings is 1. The van der Waals surface area contributed by atoms with Crippen molar-refractivity contribution in [1.29, 1.82) is 10.5 Å². The summed E-state index contributed by atoms with van der Waals surface area (Å²) in [4.78, 5) is 12.8. The van der Waals surface area contributed by atoms with Crippen LogP contribution >= 0.6 is 0 Å². The van der Waals surface area contributed by atoms with Crippen molar-refractivity contribution < 1.29 is 0 Å². The van der Waals surface area contributed by atoms with E-state index in [-0.39, 0.29) is 0 Å². The highest BCUT2D eigenvalue weighted by Gasteiger charge is 2.32. The smallest absolute Gasteiger partial charge is 0.185 e. The van der Waals surface area contributed by atoms with Gasteiger partial charge >= 0.3 is 0 Å². The highest BCUT2D eigenvalue weighted by atomic mass is 15.3. The summed E-state index contributed by atoms with van der Waals surface area (Å²) >= 11 is 0. The summed E-state index contributed by atoms with van der Waals surface area (Å²) in [6, 6.07) is 39.2. The van der Waals surface area contributed by atoms with E-state index in [1.54, 1.807) is 0 Å². The number of fused-ring (bicyclic) bond motifs is 10. The van der Waals surface area contributed by atoms with Gasteiger partial charge in [0.05, 0.1) is 64.5 Å². The first-order valence-electron chi connectivity index (χ1n) is 22.4. The first kappa shape index (κ1) is 38.9. The maximum atomic E-state index is 9.50. The molecule has 0 aliphatic carbocycles. The van der Waals surface area contributed by atoms with Gasteiger partial charge in [-0.2, -0.15) is 10.5 Å². The quantitative estimate of drug-likeness (QED) is 0.164. The zero-order chi connectivity index (χ0) is 43.8. The van der Waals surface area contributed by atoms with Crippen molar-refractivity contribution in [3.8, 4) is 68.8 Å². The molecule has 1 N–H and O–H groups in total. The van der Waals surface area contributed by atoms with Crippen molar-refractivity contribution in [2.75, 3.05) is 50.1 Å². The molecule has 13 heteroatoms. The molecule has 8 heterocycles. The van der Waals surface area contributed by atoms with Crippen molar-refractivity contribution in [2.24, 2.45) is 0 Å². The van der Waals surface area contributed by atoms with E-state index in [1.165, 1.54) is 22.5 Å². The Morgan fingerprint density at radius 1 is 0.723 bits per heavy atom. The fourth-order valence-electron chi connectivity index (χ4n) is 10.6. The van der Waals surface area contributed by atoms with Crippen LogP contribution in [0.2, 0.25) is 0 Å². The van der Waals surface area contributed by atoms with Crippen molar-refractivity contribution >= 4 is 11.4 Å². The average molecular weight is 854 g/mol. The lowest BCUT2D eigenvalue weighted by atomic mass is 10.1. The Hall–Kier alpha value is -7.71. The minimum absolute atomic E-state index is 0.292. The number of nitriles is 2. The number of nitrogens with zero attached hydrogens (tertiary/aromatic N) is 12. The summed E-state index contributed by atoms with van der Waals surface area (Å²) in [6.07, 6.45) is 10.5. The molecule has 2 saturated heterocycles. The Morgan fingerprint density at radius 2 is 1.40 bits per heavy atom. The lowest BCUT2D eigenvalue weighted by Crippen LogP contribution is -2.37. The molecule has 4 aromatic carbocycles. The number of likely N-dealkylation sites (tertiary alicyclic amines) is 1. The van der Waals surface area contributed by atoms with E-state index in [0.717, 1.165) is 101 Å². The van der Waals surface area contributed by atoms with Gasteiger partial charge in [0.25, 0.3) is 0 Å². The molecule has 4 aromatic heterocycles. The van der Waals surface area contributed by atoms with Crippen LogP contribution in [0.4, 0.5) is 11.4 Å². The van der Waals surface area contributed by atoms with Gasteiger partial charge in [-0.3, -0.25) is 9.13 Å². The third-order valence-electron chi connectivity index (χ3n) is 14.1. The van der Waals surface area contributed by atoms with Crippen LogP contribution in [0.1, 0.15) is 40.8 Å². The van der Waals surface area contributed by atoms with Crippen LogP contribution in [0.5, 0.6) is 0 Å². The molecule has 2 fully saturated rings. The zero-order valence-corrected chi connectivity index (χ0v) is 36.4. The van der Waals surface area contributed by atoms with Gasteiger partial charge in [0.1, 0.15) is 6.33 Å². The molecule has 4 aliphatic rings. The molecule has 0 amide bonds. The number of benzene rings is 4. The van der Waals surface area contributed by atoms with E-state index in [2.05, 4.69) is 142 Å². The Balaban J connectivity index is 0.952. The summed E-state index contributed by atoms with van der Waals surface area (Å²) in [5, 5.41) is 31.4. The topological polar surface area (TPSA) is 128 Å². The van der Waals surface area contributed by atoms with Crippen LogP contribution < -0.4 is 15.1 Å². The highest BCUT2D eigenvalue weighted by molar-refractivity contribution is 5.75. The minimum Gasteiger partial charge on any atom is -0.370 e. The average Bonchev–Trinajstić information content (AvgIpc) is 4.21. The Bertz CT molecular complexity index is 3200. The molecule has 0 saturated carbocycles. The second-order valence-corrected chi connectivity index (χ2v) is 18.0. The summed E-state index contributed by atoms with van der Waals surface area (Å²) in [5.74, 6) is 1.72. The molecule has 65 heavy (non-hydrogen) atoms. The van der Waals surface area contributed by atoms with Gasteiger partial charge in [-0.15, -0.1) is 10.2 Å². The second kappa shape index (κ2) is 15.5. The number of likely N-dealkylation sites (N-methyl/N-ethyl adjacent to an activating group) is 2. The van der Waals surface area contributed by atoms with E-state index in [9.17, 15) is 10.5 Å². The van der Waals surface area contributed by atoms with Crippen LogP contribution in [-0.4, -0.2) is 90.7 Å². The first-order valence-corrected chi connectivity index (χ1v) is 22.4. The molecule has 320 valence electrons. The third-order valence-corrected chi connectivity index (χ3v) is 14.1. The Morgan fingerprint density at radius 3 is 2.05 bits per heavy atom. The molecule has 13 nitrogen and oxygen atoms in total. The lowest BCUT2D eigenvalue weighted by Gasteiger charge is -2.32. The molecule has 2 unspecified atom stereocenters. The number of hydrogen-bond donors (Lipinski definition) is 1. The van der Waals surface area contributed by atoms with Crippen LogP contribution in [0, 0.1) is 22.7 Å². The molecular formula is C52H47N13. The molecule has 0 radical (unpaired) electrons. The Kier molecular flexibility index (Phi) is 9.30. The molecular weight excluding hydrogens is 807 g/mol. The highest BCUT2D eigenvalue weighted by Crippen LogP contribution is 2.40. The van der Waals surface area contributed by atoms with E-state index >= 15 is 0 Å². The Labute approximate surface area is 377 Å². The minimum atomic E-state index is 0.292. The lowest BCUT2D eigenvalue weighted by molar-refractivity contribution is 0.407. The normalized spacial score (nSPS) is 17.2. The molecule has 0 spiro atoms. The fraction of sp³-hybridized carbons (Fsp3) is 0.250. The number of nitrogens with one attached hydrogen (secondary N) is 1. The summed E-state index contributed by atoms with van der Waals surface area (Å²) in [6.45, 7) is 6.05. The van der Waals surface area contributed by atoms with Gasteiger partial charge < -0.3 is 29.2 Å². The van der Waals surface area contributed by atoms with Crippen molar-refractivity contribution in [2.45, 2.75) is 44.6 Å². The van der Waals surface area contributed by atoms with Gasteiger partial charge in [0.2, 0.25) is 0 Å². The van der Waals surface area contributed by atoms with Gasteiger partial charge in [0.15, 0.2) is 11.6 Å². The van der Waals surface area contributed by atoms with Crippen molar-refractivity contribution in [3.05, 3.63) is 150 Å². The molecule has 0 bridgehead atoms. The first-order chi connectivity index (χ1) is 31.9. The van der Waals surface area contributed by atoms with E-state index in [0.29, 0.717) is 42.8 Å². The van der Waals surface area contributed by atoms with Gasteiger partial charge in [-0.1, -0.05) is 24.3 Å². The number of aromatic nitrogens is 7. The maximum Gasteiger partial charge on any atom is 0.185 e. The van der Waals surface area contributed by atoms with Crippen LogP contribution in [0.25, 0.3) is 56.7 Å². The van der Waals surface area contributed by atoms with Gasteiger partial charge in [0, 0.05) is 79.7 Å². The fourth-order valence-corrected chi connectivity index (χ4v) is 10.6. The predicted octanol–water partition coefficient (Wildman–Crippen LogP) is 7.70. The molecule has 8 aromatic rings. The second-order valence-electron chi connectivity index (χ2n) is 18.0. The van der Waals surface area contributed by atoms with E-state index in [4.69, 9.17) is 4.98 Å². The third kappa shape index (κ3) is 6.71. The number of hydrogen-bond acceptors (Lipinski definition) is 9. The number of anilines is 2. The van der Waals surface area contributed by atoms with E-state index < -0.39 is 0 Å². The summed E-state index contributed by atoms with van der Waals surface area (Å²) in [5.41, 5.74) is 15.9.